The topological polar surface area (TPSA) is 28.7 Å². The number of hydrogen-bond acceptors (Lipinski definition) is 1. The van der Waals surface area contributed by atoms with Crippen LogP contribution in [0.4, 0.5) is 0 Å². The average Bonchev–Trinajstić information content (AvgIpc) is 3.40. The van der Waals surface area contributed by atoms with Crippen molar-refractivity contribution in [2.45, 2.75) is 20.3 Å². The zero-order chi connectivity index (χ0) is 26.8. The van der Waals surface area contributed by atoms with E-state index in [1.807, 2.05) is 0 Å². The molecule has 0 fully saturated rings. The molecule has 0 amide bonds. The Hall–Kier alpha value is -4.95. The average molecular weight is 513 g/mol. The third-order valence-electron chi connectivity index (χ3n) is 8.57. The number of aryl methyl sites for hydroxylation is 2. The fraction of sp³-hybridized carbons (Fsp3) is 0.0789. The second-order valence-corrected chi connectivity index (χ2v) is 10.8. The summed E-state index contributed by atoms with van der Waals surface area (Å²) in [6.45, 7) is 4.47. The number of benzene rings is 6. The summed E-state index contributed by atoms with van der Waals surface area (Å²) in [5.41, 5.74) is 9.50. The van der Waals surface area contributed by atoms with Crippen LogP contribution in [0.3, 0.4) is 0 Å². The zero-order valence-electron chi connectivity index (χ0n) is 22.6. The molecule has 190 valence electrons. The van der Waals surface area contributed by atoms with Crippen LogP contribution in [0, 0.1) is 6.92 Å². The molecule has 0 saturated heterocycles. The molecule has 0 bridgehead atoms. The van der Waals surface area contributed by atoms with E-state index < -0.39 is 0 Å². The first-order valence-corrected chi connectivity index (χ1v) is 14.0. The summed E-state index contributed by atoms with van der Waals surface area (Å²) in [5.74, 6) is 0. The van der Waals surface area contributed by atoms with Gasteiger partial charge in [-0.1, -0.05) is 97.9 Å². The molecule has 0 spiro atoms. The minimum Gasteiger partial charge on any atom is -0.354 e. The Kier molecular flexibility index (Phi) is 5.05. The third kappa shape index (κ3) is 3.32. The summed E-state index contributed by atoms with van der Waals surface area (Å²) < 4.78 is 0. The van der Waals surface area contributed by atoms with Crippen LogP contribution in [-0.4, -0.2) is 9.97 Å². The van der Waals surface area contributed by atoms with Gasteiger partial charge in [0.15, 0.2) is 0 Å². The summed E-state index contributed by atoms with van der Waals surface area (Å²) in [6.07, 6.45) is 3.02. The highest BCUT2D eigenvalue weighted by Crippen LogP contribution is 2.40. The fourth-order valence-electron chi connectivity index (χ4n) is 6.62. The smallest absolute Gasteiger partial charge is 0.0726 e. The Labute approximate surface area is 232 Å². The number of aromatic nitrogens is 2. The normalized spacial score (nSPS) is 11.8. The highest BCUT2D eigenvalue weighted by molar-refractivity contribution is 6.26. The van der Waals surface area contributed by atoms with E-state index in [0.717, 1.165) is 28.7 Å². The fourth-order valence-corrected chi connectivity index (χ4v) is 6.62. The lowest BCUT2D eigenvalue weighted by molar-refractivity contribution is 1.12. The third-order valence-corrected chi connectivity index (χ3v) is 8.57. The molecule has 2 aromatic heterocycles. The van der Waals surface area contributed by atoms with Gasteiger partial charge in [-0.05, 0) is 80.6 Å². The maximum Gasteiger partial charge on any atom is 0.0726 e. The van der Waals surface area contributed by atoms with Gasteiger partial charge in [-0.3, -0.25) is 4.98 Å². The first-order valence-electron chi connectivity index (χ1n) is 14.0. The SMILES string of the molecule is CCc1cc(-c2cccc3c2[nH]c2ccccc23)ncc1-c1cc2c3ccccc3c3ccccc3c2cc1C. The molecule has 0 aliphatic rings. The number of fused-ring (bicyclic) bond motifs is 9. The number of hydrogen-bond donors (Lipinski definition) is 1. The molecular weight excluding hydrogens is 484 g/mol. The van der Waals surface area contributed by atoms with Crippen LogP contribution in [0.5, 0.6) is 0 Å². The number of H-pyrrole nitrogens is 1. The number of pyridine rings is 1. The number of para-hydroxylation sites is 2. The quantitative estimate of drug-likeness (QED) is 0.234. The summed E-state index contributed by atoms with van der Waals surface area (Å²) in [4.78, 5) is 8.72. The van der Waals surface area contributed by atoms with Crippen LogP contribution in [-0.2, 0) is 6.42 Å². The minimum atomic E-state index is 0.934. The predicted octanol–water partition coefficient (Wildman–Crippen LogP) is 10.4. The van der Waals surface area contributed by atoms with E-state index in [9.17, 15) is 0 Å². The van der Waals surface area contributed by atoms with Crippen LogP contribution in [0.15, 0.2) is 115 Å². The first-order chi connectivity index (χ1) is 19.7. The van der Waals surface area contributed by atoms with Crippen molar-refractivity contribution in [1.82, 2.24) is 9.97 Å². The van der Waals surface area contributed by atoms with E-state index in [0.29, 0.717) is 0 Å². The van der Waals surface area contributed by atoms with Crippen molar-refractivity contribution in [3.8, 4) is 22.4 Å². The second kappa shape index (κ2) is 8.79. The van der Waals surface area contributed by atoms with Gasteiger partial charge in [-0.2, -0.15) is 0 Å². The van der Waals surface area contributed by atoms with Gasteiger partial charge in [0, 0.05) is 33.6 Å². The maximum absolute atomic E-state index is 5.07. The van der Waals surface area contributed by atoms with Crippen LogP contribution in [0.1, 0.15) is 18.1 Å². The molecule has 0 atom stereocenters. The van der Waals surface area contributed by atoms with Gasteiger partial charge in [0.05, 0.1) is 11.2 Å². The largest absolute Gasteiger partial charge is 0.354 e. The molecule has 8 rings (SSSR count). The van der Waals surface area contributed by atoms with Crippen molar-refractivity contribution in [2.75, 3.05) is 0 Å². The second-order valence-electron chi connectivity index (χ2n) is 10.8. The molecule has 0 radical (unpaired) electrons. The van der Waals surface area contributed by atoms with Crippen molar-refractivity contribution in [2.24, 2.45) is 0 Å². The molecule has 6 aromatic carbocycles. The van der Waals surface area contributed by atoms with E-state index in [4.69, 9.17) is 4.98 Å². The molecule has 2 heterocycles. The number of nitrogens with zero attached hydrogens (tertiary/aromatic N) is 1. The summed E-state index contributed by atoms with van der Waals surface area (Å²) in [6, 6.07) is 39.6. The van der Waals surface area contributed by atoms with Crippen molar-refractivity contribution < 1.29 is 0 Å². The van der Waals surface area contributed by atoms with E-state index in [2.05, 4.69) is 134 Å². The highest BCUT2D eigenvalue weighted by atomic mass is 14.7. The van der Waals surface area contributed by atoms with Crippen LogP contribution < -0.4 is 0 Å². The standard InChI is InChI=1S/C38H28N2/c1-3-24-20-37(31-17-10-16-30-29-15-8-9-18-36(29)40-38(30)31)39-22-35(24)32-21-34-28-14-7-5-12-26(28)25-11-4-6-13-27(25)33(34)19-23(32)2/h4-22,40H,3H2,1-2H3. The number of nitrogens with one attached hydrogen (secondary N) is 1. The van der Waals surface area contributed by atoms with Crippen LogP contribution in [0.25, 0.3) is 76.5 Å². The van der Waals surface area contributed by atoms with Gasteiger partial charge in [0.2, 0.25) is 0 Å². The molecule has 0 unspecified atom stereocenters. The molecule has 0 aliphatic carbocycles. The Morgan fingerprint density at radius 2 is 1.15 bits per heavy atom. The predicted molar refractivity (Wildman–Crippen MR) is 171 cm³/mol. The molecule has 1 N–H and O–H groups in total. The minimum absolute atomic E-state index is 0.934. The molecule has 2 heteroatoms. The Morgan fingerprint density at radius 3 is 1.85 bits per heavy atom. The molecule has 2 nitrogen and oxygen atoms in total. The number of aromatic amines is 1. The van der Waals surface area contributed by atoms with E-state index in [1.54, 1.807) is 0 Å². The van der Waals surface area contributed by atoms with Crippen molar-refractivity contribution in [1.29, 1.82) is 0 Å². The van der Waals surface area contributed by atoms with Gasteiger partial charge in [0.1, 0.15) is 0 Å². The van der Waals surface area contributed by atoms with Crippen molar-refractivity contribution >= 4 is 54.1 Å². The van der Waals surface area contributed by atoms with Gasteiger partial charge >= 0.3 is 0 Å². The van der Waals surface area contributed by atoms with E-state index in [-0.39, 0.29) is 0 Å². The summed E-state index contributed by atoms with van der Waals surface area (Å²) >= 11 is 0. The van der Waals surface area contributed by atoms with Gasteiger partial charge in [0.25, 0.3) is 0 Å². The zero-order valence-corrected chi connectivity index (χ0v) is 22.6. The molecule has 8 aromatic rings. The highest BCUT2D eigenvalue weighted by Gasteiger charge is 2.16. The maximum atomic E-state index is 5.07. The Morgan fingerprint density at radius 1 is 0.550 bits per heavy atom. The lowest BCUT2D eigenvalue weighted by Crippen LogP contribution is -1.96. The van der Waals surface area contributed by atoms with Crippen molar-refractivity contribution in [3.05, 3.63) is 127 Å². The lowest BCUT2D eigenvalue weighted by Gasteiger charge is -2.16. The molecule has 0 saturated carbocycles. The molecule has 0 aliphatic heterocycles. The van der Waals surface area contributed by atoms with E-state index in [1.165, 1.54) is 65.3 Å². The number of rotatable bonds is 3. The van der Waals surface area contributed by atoms with Gasteiger partial charge in [-0.25, -0.2) is 0 Å². The van der Waals surface area contributed by atoms with Gasteiger partial charge in [-0.15, -0.1) is 0 Å². The summed E-state index contributed by atoms with van der Waals surface area (Å²) in [5, 5.41) is 10.3. The van der Waals surface area contributed by atoms with Crippen LogP contribution >= 0.6 is 0 Å². The molecule has 40 heavy (non-hydrogen) atoms. The van der Waals surface area contributed by atoms with Crippen molar-refractivity contribution in [3.63, 3.8) is 0 Å². The van der Waals surface area contributed by atoms with Crippen LogP contribution in [0.2, 0.25) is 0 Å². The Balaban J connectivity index is 1.35. The summed E-state index contributed by atoms with van der Waals surface area (Å²) in [7, 11) is 0. The molecular formula is C38H28N2. The lowest BCUT2D eigenvalue weighted by atomic mass is 9.88. The monoisotopic (exact) mass is 512 g/mol. The first kappa shape index (κ1) is 23.0. The van der Waals surface area contributed by atoms with Gasteiger partial charge < -0.3 is 4.98 Å². The Bertz CT molecular complexity index is 2270. The van der Waals surface area contributed by atoms with E-state index >= 15 is 0 Å².